The van der Waals surface area contributed by atoms with Crippen LogP contribution in [0.1, 0.15) is 76.2 Å². The number of hydrogen-bond donors (Lipinski definition) is 1. The molecule has 1 saturated heterocycles. The van der Waals surface area contributed by atoms with Crippen molar-refractivity contribution in [2.45, 2.75) is 83.9 Å². The molecule has 1 aromatic rings. The van der Waals surface area contributed by atoms with Crippen LogP contribution in [-0.4, -0.2) is 33.4 Å². The Morgan fingerprint density at radius 2 is 1.71 bits per heavy atom. The van der Waals surface area contributed by atoms with Gasteiger partial charge in [0.25, 0.3) is 0 Å². The fraction of sp³-hybridized carbons (Fsp3) is 0.650. The molecule has 0 radical (unpaired) electrons. The highest BCUT2D eigenvalue weighted by Crippen LogP contribution is 2.38. The maximum Gasteiger partial charge on any atom is 0.338 e. The SMILES string of the molecule is CCCCc1ccc(C(=O)OC2CC(C)(C)N(O)C(C)(C)C2)cc1. The topological polar surface area (TPSA) is 49.8 Å². The first-order valence-electron chi connectivity index (χ1n) is 8.95. The number of unbranched alkanes of at least 4 members (excludes halogenated alkanes) is 1. The number of esters is 1. The average molecular weight is 333 g/mol. The molecular formula is C20H31NO3. The van der Waals surface area contributed by atoms with Crippen molar-refractivity contribution in [2.24, 2.45) is 0 Å². The first-order valence-corrected chi connectivity index (χ1v) is 8.95. The summed E-state index contributed by atoms with van der Waals surface area (Å²) in [5.74, 6) is -0.278. The Morgan fingerprint density at radius 3 is 2.21 bits per heavy atom. The zero-order valence-electron chi connectivity index (χ0n) is 15.6. The summed E-state index contributed by atoms with van der Waals surface area (Å²) < 4.78 is 5.74. The molecule has 0 aliphatic carbocycles. The van der Waals surface area contributed by atoms with E-state index in [-0.39, 0.29) is 12.1 Å². The van der Waals surface area contributed by atoms with E-state index in [2.05, 4.69) is 6.92 Å². The Hall–Kier alpha value is -1.39. The minimum atomic E-state index is -0.420. The number of carbonyl (C=O) groups excluding carboxylic acids is 1. The van der Waals surface area contributed by atoms with Crippen LogP contribution < -0.4 is 0 Å². The van der Waals surface area contributed by atoms with Crippen LogP contribution in [0.15, 0.2) is 24.3 Å². The van der Waals surface area contributed by atoms with Crippen LogP contribution in [0.4, 0.5) is 0 Å². The number of hydroxylamine groups is 2. The van der Waals surface area contributed by atoms with Crippen LogP contribution in [0.2, 0.25) is 0 Å². The van der Waals surface area contributed by atoms with E-state index in [0.29, 0.717) is 18.4 Å². The van der Waals surface area contributed by atoms with Gasteiger partial charge in [-0.2, -0.15) is 5.06 Å². The minimum Gasteiger partial charge on any atom is -0.459 e. The quantitative estimate of drug-likeness (QED) is 0.800. The highest BCUT2D eigenvalue weighted by Gasteiger charge is 2.46. The van der Waals surface area contributed by atoms with E-state index in [4.69, 9.17) is 4.74 Å². The number of benzene rings is 1. The summed E-state index contributed by atoms with van der Waals surface area (Å²) in [6.45, 7) is 10.1. The van der Waals surface area contributed by atoms with Gasteiger partial charge in [0.05, 0.1) is 5.56 Å². The summed E-state index contributed by atoms with van der Waals surface area (Å²) in [4.78, 5) is 12.4. The second kappa shape index (κ2) is 7.24. The zero-order chi connectivity index (χ0) is 18.0. The van der Waals surface area contributed by atoms with Crippen molar-refractivity contribution in [3.8, 4) is 0 Å². The highest BCUT2D eigenvalue weighted by atomic mass is 16.5. The molecule has 4 heteroatoms. The summed E-state index contributed by atoms with van der Waals surface area (Å²) >= 11 is 0. The Kier molecular flexibility index (Phi) is 5.71. The molecule has 0 atom stereocenters. The van der Waals surface area contributed by atoms with Gasteiger partial charge in [-0.1, -0.05) is 25.5 Å². The van der Waals surface area contributed by atoms with Gasteiger partial charge in [0.15, 0.2) is 0 Å². The average Bonchev–Trinajstić information content (AvgIpc) is 2.50. The van der Waals surface area contributed by atoms with Gasteiger partial charge in [-0.3, -0.25) is 0 Å². The van der Waals surface area contributed by atoms with E-state index >= 15 is 0 Å². The van der Waals surface area contributed by atoms with Crippen molar-refractivity contribution < 1.29 is 14.7 Å². The van der Waals surface area contributed by atoms with Crippen molar-refractivity contribution in [3.05, 3.63) is 35.4 Å². The smallest absolute Gasteiger partial charge is 0.338 e. The second-order valence-electron chi connectivity index (χ2n) is 8.17. The van der Waals surface area contributed by atoms with Crippen molar-refractivity contribution in [1.29, 1.82) is 0 Å². The van der Waals surface area contributed by atoms with E-state index in [1.165, 1.54) is 17.0 Å². The maximum absolute atomic E-state index is 12.4. The third-order valence-corrected chi connectivity index (χ3v) is 4.88. The van der Waals surface area contributed by atoms with Gasteiger partial charge in [-0.05, 0) is 58.2 Å². The molecule has 0 amide bonds. The summed E-state index contributed by atoms with van der Waals surface area (Å²) in [6, 6.07) is 7.72. The molecule has 1 heterocycles. The summed E-state index contributed by atoms with van der Waals surface area (Å²) in [5.41, 5.74) is 1.01. The summed E-state index contributed by atoms with van der Waals surface area (Å²) in [6.07, 6.45) is 4.42. The molecule has 4 nitrogen and oxygen atoms in total. The van der Waals surface area contributed by atoms with Crippen LogP contribution in [-0.2, 0) is 11.2 Å². The lowest BCUT2D eigenvalue weighted by Gasteiger charge is -2.50. The van der Waals surface area contributed by atoms with Crippen molar-refractivity contribution in [1.82, 2.24) is 5.06 Å². The molecule has 0 unspecified atom stereocenters. The molecule has 0 spiro atoms. The van der Waals surface area contributed by atoms with E-state index in [1.807, 2.05) is 52.0 Å². The summed E-state index contributed by atoms with van der Waals surface area (Å²) in [7, 11) is 0. The Bertz CT molecular complexity index is 545. The number of piperidine rings is 1. The van der Waals surface area contributed by atoms with Crippen LogP contribution >= 0.6 is 0 Å². The fourth-order valence-corrected chi connectivity index (χ4v) is 3.67. The van der Waals surface area contributed by atoms with Crippen LogP contribution in [0.25, 0.3) is 0 Å². The van der Waals surface area contributed by atoms with E-state index in [9.17, 15) is 10.0 Å². The van der Waals surface area contributed by atoms with Gasteiger partial charge >= 0.3 is 5.97 Å². The lowest BCUT2D eigenvalue weighted by Crippen LogP contribution is -2.60. The monoisotopic (exact) mass is 333 g/mol. The van der Waals surface area contributed by atoms with Crippen molar-refractivity contribution >= 4 is 5.97 Å². The van der Waals surface area contributed by atoms with Gasteiger partial charge in [0.1, 0.15) is 6.10 Å². The molecule has 0 saturated carbocycles. The molecule has 1 fully saturated rings. The third kappa shape index (κ3) is 4.37. The molecule has 1 aliphatic heterocycles. The summed E-state index contributed by atoms with van der Waals surface area (Å²) in [5, 5.41) is 11.7. The first-order chi connectivity index (χ1) is 11.2. The predicted molar refractivity (Wildman–Crippen MR) is 95.3 cm³/mol. The van der Waals surface area contributed by atoms with E-state index < -0.39 is 11.1 Å². The fourth-order valence-electron chi connectivity index (χ4n) is 3.67. The normalized spacial score (nSPS) is 20.8. The Balaban J connectivity index is 2.01. The number of carbonyl (C=O) groups is 1. The molecule has 0 bridgehead atoms. The standard InChI is InChI=1S/C20H31NO3/c1-6-7-8-15-9-11-16(12-10-15)18(22)24-17-13-19(2,3)21(23)20(4,5)14-17/h9-12,17,23H,6-8,13-14H2,1-5H3. The Morgan fingerprint density at radius 1 is 1.17 bits per heavy atom. The maximum atomic E-state index is 12.4. The van der Waals surface area contributed by atoms with Gasteiger partial charge < -0.3 is 9.94 Å². The largest absolute Gasteiger partial charge is 0.459 e. The molecule has 1 aliphatic rings. The van der Waals surface area contributed by atoms with Gasteiger partial charge in [-0.15, -0.1) is 0 Å². The molecule has 24 heavy (non-hydrogen) atoms. The Labute approximate surface area is 145 Å². The zero-order valence-corrected chi connectivity index (χ0v) is 15.6. The van der Waals surface area contributed by atoms with Crippen LogP contribution in [0.5, 0.6) is 0 Å². The lowest BCUT2D eigenvalue weighted by atomic mass is 9.80. The van der Waals surface area contributed by atoms with E-state index in [0.717, 1.165) is 12.8 Å². The molecular weight excluding hydrogens is 302 g/mol. The van der Waals surface area contributed by atoms with Gasteiger partial charge in [-0.25, -0.2) is 4.79 Å². The predicted octanol–water partition coefficient (Wildman–Crippen LogP) is 4.60. The highest BCUT2D eigenvalue weighted by molar-refractivity contribution is 5.89. The van der Waals surface area contributed by atoms with Gasteiger partial charge in [0.2, 0.25) is 0 Å². The first kappa shape index (κ1) is 18.9. The second-order valence-corrected chi connectivity index (χ2v) is 8.17. The number of aryl methyl sites for hydroxylation is 1. The minimum absolute atomic E-state index is 0.189. The molecule has 1 N–H and O–H groups in total. The molecule has 1 aromatic carbocycles. The van der Waals surface area contributed by atoms with Crippen molar-refractivity contribution in [3.63, 3.8) is 0 Å². The van der Waals surface area contributed by atoms with Crippen molar-refractivity contribution in [2.75, 3.05) is 0 Å². The molecule has 0 aromatic heterocycles. The lowest BCUT2D eigenvalue weighted by molar-refractivity contribution is -0.256. The van der Waals surface area contributed by atoms with Crippen LogP contribution in [0.3, 0.4) is 0 Å². The number of nitrogens with zero attached hydrogens (tertiary/aromatic N) is 1. The van der Waals surface area contributed by atoms with Crippen LogP contribution in [0, 0.1) is 0 Å². The third-order valence-electron chi connectivity index (χ3n) is 4.88. The van der Waals surface area contributed by atoms with E-state index in [1.54, 1.807) is 0 Å². The van der Waals surface area contributed by atoms with Gasteiger partial charge in [0, 0.05) is 23.9 Å². The number of hydrogen-bond acceptors (Lipinski definition) is 4. The number of rotatable bonds is 5. The molecule has 134 valence electrons. The number of ether oxygens (including phenoxy) is 1. The molecule has 2 rings (SSSR count).